The number of β-amino-alcohol motifs (C(OH)–C–C–N with tert-alkyl or cyclic N) is 1. The maximum absolute atomic E-state index is 14.3. The van der Waals surface area contributed by atoms with Crippen LogP contribution in [0.2, 0.25) is 0 Å². The number of amides is 2. The Morgan fingerprint density at radius 2 is 1.76 bits per heavy atom. The summed E-state index contributed by atoms with van der Waals surface area (Å²) in [4.78, 5) is 44.5. The van der Waals surface area contributed by atoms with E-state index in [9.17, 15) is 19.5 Å². The molecule has 4 aliphatic heterocycles. The van der Waals surface area contributed by atoms with Crippen molar-refractivity contribution in [2.75, 3.05) is 26.3 Å². The number of likely N-dealkylation sites (tertiary alicyclic amines) is 1. The van der Waals surface area contributed by atoms with Crippen molar-refractivity contribution in [3.8, 4) is 0 Å². The molecule has 5 atom stereocenters. The van der Waals surface area contributed by atoms with Crippen molar-refractivity contribution in [1.82, 2.24) is 9.80 Å². The maximum Gasteiger partial charge on any atom is 0.313 e. The van der Waals surface area contributed by atoms with Crippen molar-refractivity contribution in [3.63, 3.8) is 0 Å². The van der Waals surface area contributed by atoms with Crippen LogP contribution in [0.15, 0.2) is 24.3 Å². The summed E-state index contributed by atoms with van der Waals surface area (Å²) in [6.45, 7) is 12.6. The summed E-state index contributed by atoms with van der Waals surface area (Å²) < 4.78 is 12.2. The van der Waals surface area contributed by atoms with Crippen molar-refractivity contribution in [2.24, 2.45) is 17.3 Å². The number of rotatable bonds is 5. The van der Waals surface area contributed by atoms with Crippen LogP contribution in [0.4, 0.5) is 0 Å². The highest BCUT2D eigenvalue weighted by Gasteiger charge is 2.75. The van der Waals surface area contributed by atoms with Crippen molar-refractivity contribution < 1.29 is 29.0 Å². The topological polar surface area (TPSA) is 96.4 Å². The average molecular weight is 475 g/mol. The molecule has 0 saturated carbocycles. The van der Waals surface area contributed by atoms with Gasteiger partial charge in [-0.05, 0) is 38.2 Å². The van der Waals surface area contributed by atoms with E-state index in [-0.39, 0.29) is 37.0 Å². The minimum Gasteiger partial charge on any atom is -0.461 e. The lowest BCUT2D eigenvalue weighted by molar-refractivity contribution is -0.161. The SMILES string of the molecule is CC[C@]12C=CCOC(=O)[C@H]1[C@H]1C(=O)N(CCO)C3C(=O)N(C(C)(C)CC(C)(C)C)CC=C[C@@]31O2. The van der Waals surface area contributed by atoms with E-state index in [0.717, 1.165) is 6.42 Å². The standard InChI is InChI=1S/C26H38N2O6/c1-7-25-10-9-15-33-22(32)18(25)17-20(30)27(13-14-29)19-21(31)28(12-8-11-26(17,19)34-25)24(5,6)16-23(2,3)4/h8-11,17-19,29H,7,12-16H2,1-6H3/t17-,18+,19?,25-,26-/m0/s1. The highest BCUT2D eigenvalue weighted by Crippen LogP contribution is 2.58. The van der Waals surface area contributed by atoms with E-state index in [1.807, 2.05) is 43.9 Å². The van der Waals surface area contributed by atoms with Gasteiger partial charge in [-0.1, -0.05) is 45.9 Å². The number of esters is 1. The highest BCUT2D eigenvalue weighted by atomic mass is 16.6. The van der Waals surface area contributed by atoms with Gasteiger partial charge in [-0.15, -0.1) is 0 Å². The van der Waals surface area contributed by atoms with Gasteiger partial charge in [0.25, 0.3) is 0 Å². The molecule has 1 unspecified atom stereocenters. The fraction of sp³-hybridized carbons (Fsp3) is 0.731. The molecular weight excluding hydrogens is 436 g/mol. The first kappa shape index (κ1) is 24.9. The molecular formula is C26H38N2O6. The Bertz CT molecular complexity index is 934. The van der Waals surface area contributed by atoms with Crippen LogP contribution in [0, 0.1) is 17.3 Å². The van der Waals surface area contributed by atoms with E-state index in [1.165, 1.54) is 4.90 Å². The van der Waals surface area contributed by atoms with Gasteiger partial charge in [-0.3, -0.25) is 14.4 Å². The van der Waals surface area contributed by atoms with Gasteiger partial charge in [-0.25, -0.2) is 0 Å². The number of carbonyl (C=O) groups excluding carboxylic acids is 3. The van der Waals surface area contributed by atoms with Crippen LogP contribution < -0.4 is 0 Å². The summed E-state index contributed by atoms with van der Waals surface area (Å²) in [6, 6.07) is -0.966. The molecule has 4 heterocycles. The maximum atomic E-state index is 14.3. The fourth-order valence-corrected chi connectivity index (χ4v) is 6.88. The number of hydrogen-bond donors (Lipinski definition) is 1. The van der Waals surface area contributed by atoms with Gasteiger partial charge in [0, 0.05) is 18.6 Å². The number of nitrogens with zero attached hydrogens (tertiary/aromatic N) is 2. The summed E-state index contributed by atoms with van der Waals surface area (Å²) >= 11 is 0. The van der Waals surface area contributed by atoms with Crippen molar-refractivity contribution >= 4 is 17.8 Å². The summed E-state index contributed by atoms with van der Waals surface area (Å²) in [5, 5.41) is 9.78. The predicted octanol–water partition coefficient (Wildman–Crippen LogP) is 2.07. The zero-order chi connectivity index (χ0) is 25.1. The van der Waals surface area contributed by atoms with Gasteiger partial charge in [0.05, 0.1) is 12.5 Å². The Morgan fingerprint density at radius 1 is 1.06 bits per heavy atom. The zero-order valence-electron chi connectivity index (χ0n) is 21.2. The zero-order valence-corrected chi connectivity index (χ0v) is 21.2. The summed E-state index contributed by atoms with van der Waals surface area (Å²) in [7, 11) is 0. The Hall–Kier alpha value is -2.19. The van der Waals surface area contributed by atoms with Crippen molar-refractivity contribution in [3.05, 3.63) is 24.3 Å². The third-order valence-corrected chi connectivity index (χ3v) is 7.73. The number of fused-ring (bicyclic) bond motifs is 2. The normalized spacial score (nSPS) is 35.6. The van der Waals surface area contributed by atoms with Gasteiger partial charge < -0.3 is 24.4 Å². The number of hydrogen-bond acceptors (Lipinski definition) is 6. The molecule has 2 saturated heterocycles. The molecule has 2 amide bonds. The van der Waals surface area contributed by atoms with Gasteiger partial charge >= 0.3 is 5.97 Å². The lowest BCUT2D eigenvalue weighted by Gasteiger charge is -2.45. The molecule has 8 heteroatoms. The summed E-state index contributed by atoms with van der Waals surface area (Å²) in [6.07, 6.45) is 8.53. The molecule has 188 valence electrons. The van der Waals surface area contributed by atoms with Crippen LogP contribution >= 0.6 is 0 Å². The molecule has 4 aliphatic rings. The molecule has 0 bridgehead atoms. The van der Waals surface area contributed by atoms with E-state index in [2.05, 4.69) is 20.8 Å². The van der Waals surface area contributed by atoms with Gasteiger partial charge in [0.2, 0.25) is 11.8 Å². The van der Waals surface area contributed by atoms with E-state index < -0.39 is 40.6 Å². The monoisotopic (exact) mass is 474 g/mol. The van der Waals surface area contributed by atoms with Crippen molar-refractivity contribution in [1.29, 1.82) is 0 Å². The molecule has 4 rings (SSSR count). The fourth-order valence-electron chi connectivity index (χ4n) is 6.88. The second kappa shape index (κ2) is 8.19. The summed E-state index contributed by atoms with van der Waals surface area (Å²) in [5.74, 6) is -2.81. The van der Waals surface area contributed by atoms with Crippen molar-refractivity contribution in [2.45, 2.75) is 77.2 Å². The highest BCUT2D eigenvalue weighted by molar-refractivity contribution is 5.99. The van der Waals surface area contributed by atoms with Crippen LogP contribution in [0.5, 0.6) is 0 Å². The molecule has 1 spiro atoms. The van der Waals surface area contributed by atoms with E-state index in [4.69, 9.17) is 9.47 Å². The van der Waals surface area contributed by atoms with Crippen LogP contribution in [0.1, 0.15) is 54.4 Å². The number of ether oxygens (including phenoxy) is 2. The first-order valence-corrected chi connectivity index (χ1v) is 12.3. The molecule has 2 fully saturated rings. The van der Waals surface area contributed by atoms with Crippen LogP contribution in [-0.4, -0.2) is 81.8 Å². The molecule has 0 radical (unpaired) electrons. The molecule has 8 nitrogen and oxygen atoms in total. The third-order valence-electron chi connectivity index (χ3n) is 7.73. The van der Waals surface area contributed by atoms with E-state index in [1.54, 1.807) is 6.08 Å². The largest absolute Gasteiger partial charge is 0.461 e. The van der Waals surface area contributed by atoms with Gasteiger partial charge in [0.1, 0.15) is 29.8 Å². The second-order valence-electron chi connectivity index (χ2n) is 11.8. The Morgan fingerprint density at radius 3 is 2.38 bits per heavy atom. The smallest absolute Gasteiger partial charge is 0.313 e. The van der Waals surface area contributed by atoms with Crippen LogP contribution in [0.3, 0.4) is 0 Å². The average Bonchev–Trinajstić information content (AvgIpc) is 2.98. The molecule has 0 aromatic heterocycles. The first-order valence-electron chi connectivity index (χ1n) is 12.3. The van der Waals surface area contributed by atoms with E-state index >= 15 is 0 Å². The molecule has 34 heavy (non-hydrogen) atoms. The lowest BCUT2D eigenvalue weighted by Crippen LogP contribution is -2.60. The lowest BCUT2D eigenvalue weighted by atomic mass is 9.73. The number of aliphatic hydroxyl groups is 1. The third kappa shape index (κ3) is 3.61. The minimum atomic E-state index is -1.31. The Labute approximate surface area is 201 Å². The van der Waals surface area contributed by atoms with Crippen LogP contribution in [0.25, 0.3) is 0 Å². The van der Waals surface area contributed by atoms with Crippen LogP contribution in [-0.2, 0) is 23.9 Å². The molecule has 1 N–H and O–H groups in total. The van der Waals surface area contributed by atoms with Gasteiger partial charge in [0.15, 0.2) is 0 Å². The predicted molar refractivity (Wildman–Crippen MR) is 126 cm³/mol. The van der Waals surface area contributed by atoms with Gasteiger partial charge in [-0.2, -0.15) is 0 Å². The minimum absolute atomic E-state index is 0.00500. The molecule has 0 aliphatic carbocycles. The Balaban J connectivity index is 1.85. The van der Waals surface area contributed by atoms with E-state index in [0.29, 0.717) is 13.0 Å². The number of carbonyl (C=O) groups is 3. The molecule has 0 aromatic rings. The quantitative estimate of drug-likeness (QED) is 0.484. The number of aliphatic hydroxyl groups excluding tert-OH is 1. The number of cyclic esters (lactones) is 1. The molecule has 0 aromatic carbocycles. The summed E-state index contributed by atoms with van der Waals surface area (Å²) in [5.41, 5.74) is -2.84. The Kier molecular flexibility index (Phi) is 6.00. The first-order chi connectivity index (χ1) is 15.8. The second-order valence-corrected chi connectivity index (χ2v) is 11.8.